The van der Waals surface area contributed by atoms with Gasteiger partial charge in [0, 0.05) is 18.7 Å². The fraction of sp³-hybridized carbons (Fsp3) is 0.167. The quantitative estimate of drug-likeness (QED) is 0.293. The molecule has 0 saturated carbocycles. The predicted octanol–water partition coefficient (Wildman–Crippen LogP) is 4.83. The normalized spacial score (nSPS) is 14.4. The van der Waals surface area contributed by atoms with E-state index < -0.39 is 0 Å². The van der Waals surface area contributed by atoms with Crippen LogP contribution in [0.3, 0.4) is 0 Å². The molecule has 27 heavy (non-hydrogen) atoms. The second-order valence-electron chi connectivity index (χ2n) is 7.25. The monoisotopic (exact) mass is 353 g/mol. The third-order valence-electron chi connectivity index (χ3n) is 5.52. The molecule has 3 heteroatoms. The summed E-state index contributed by atoms with van der Waals surface area (Å²) in [5, 5.41) is 7.81. The van der Waals surface area contributed by atoms with Crippen LogP contribution in [0.1, 0.15) is 18.4 Å². The molecule has 1 aliphatic rings. The van der Waals surface area contributed by atoms with Crippen molar-refractivity contribution in [2.45, 2.75) is 19.3 Å². The van der Waals surface area contributed by atoms with Gasteiger partial charge in [-0.05, 0) is 57.1 Å². The molecule has 2 amide bonds. The maximum atomic E-state index is 11.6. The van der Waals surface area contributed by atoms with E-state index in [1.807, 2.05) is 0 Å². The molecule has 1 aliphatic heterocycles. The predicted molar refractivity (Wildman–Crippen MR) is 109 cm³/mol. The molecular formula is C24H19NO2. The second-order valence-corrected chi connectivity index (χ2v) is 7.25. The van der Waals surface area contributed by atoms with Gasteiger partial charge in [0.2, 0.25) is 0 Å². The number of aryl methyl sites for hydroxylation is 1. The zero-order valence-electron chi connectivity index (χ0n) is 14.9. The molecular weight excluding hydrogens is 334 g/mol. The highest BCUT2D eigenvalue weighted by molar-refractivity contribution is 6.23. The van der Waals surface area contributed by atoms with Gasteiger partial charge in [0.05, 0.1) is 0 Å². The number of amides is 2. The molecule has 0 saturated heterocycles. The molecule has 0 aliphatic carbocycles. The smallest absolute Gasteiger partial charge is 0.253 e. The molecule has 132 valence electrons. The van der Waals surface area contributed by atoms with Crippen molar-refractivity contribution in [1.82, 2.24) is 4.90 Å². The standard InChI is InChI=1S/C24H19NO2/c26-21-11-12-22(27)25(21)13-2-1-4-16-14-19-9-7-17-5-3-6-18-8-10-20(15-16)24(19)23(17)18/h3,5-12,14-15H,1-2,4,13H2. The van der Waals surface area contributed by atoms with Crippen molar-refractivity contribution in [3.63, 3.8) is 0 Å². The van der Waals surface area contributed by atoms with Gasteiger partial charge in [-0.2, -0.15) is 0 Å². The van der Waals surface area contributed by atoms with E-state index in [9.17, 15) is 9.59 Å². The lowest BCUT2D eigenvalue weighted by atomic mass is 9.92. The summed E-state index contributed by atoms with van der Waals surface area (Å²) >= 11 is 0. The lowest BCUT2D eigenvalue weighted by Crippen LogP contribution is -2.30. The fourth-order valence-electron chi connectivity index (χ4n) is 4.21. The summed E-state index contributed by atoms with van der Waals surface area (Å²) < 4.78 is 0. The Morgan fingerprint density at radius 2 is 1.22 bits per heavy atom. The summed E-state index contributed by atoms with van der Waals surface area (Å²) in [4.78, 5) is 24.5. The van der Waals surface area contributed by atoms with E-state index in [0.29, 0.717) is 6.54 Å². The van der Waals surface area contributed by atoms with E-state index in [0.717, 1.165) is 19.3 Å². The molecule has 0 fully saturated rings. The highest BCUT2D eigenvalue weighted by Crippen LogP contribution is 2.35. The van der Waals surface area contributed by atoms with Crippen LogP contribution in [0.25, 0.3) is 32.3 Å². The minimum Gasteiger partial charge on any atom is -0.275 e. The largest absolute Gasteiger partial charge is 0.275 e. The van der Waals surface area contributed by atoms with Gasteiger partial charge in [-0.25, -0.2) is 0 Å². The van der Waals surface area contributed by atoms with Crippen LogP contribution >= 0.6 is 0 Å². The Hall–Kier alpha value is -3.20. The third kappa shape index (κ3) is 2.67. The Bertz CT molecular complexity index is 1140. The molecule has 1 heterocycles. The number of rotatable bonds is 5. The first kappa shape index (κ1) is 16.0. The Kier molecular flexibility index (Phi) is 3.68. The van der Waals surface area contributed by atoms with E-state index in [4.69, 9.17) is 0 Å². The topological polar surface area (TPSA) is 37.4 Å². The van der Waals surface area contributed by atoms with Crippen molar-refractivity contribution in [3.05, 3.63) is 72.3 Å². The summed E-state index contributed by atoms with van der Waals surface area (Å²) in [7, 11) is 0. The highest BCUT2D eigenvalue weighted by Gasteiger charge is 2.22. The van der Waals surface area contributed by atoms with E-state index in [1.165, 1.54) is 54.9 Å². The van der Waals surface area contributed by atoms with Gasteiger partial charge in [-0.3, -0.25) is 14.5 Å². The molecule has 0 atom stereocenters. The van der Waals surface area contributed by atoms with Gasteiger partial charge < -0.3 is 0 Å². The summed E-state index contributed by atoms with van der Waals surface area (Å²) in [6, 6.07) is 19.8. The zero-order chi connectivity index (χ0) is 18.4. The lowest BCUT2D eigenvalue weighted by molar-refractivity contribution is -0.136. The molecule has 4 aromatic carbocycles. The number of hydrogen-bond donors (Lipinski definition) is 0. The molecule has 3 nitrogen and oxygen atoms in total. The van der Waals surface area contributed by atoms with Gasteiger partial charge in [0.1, 0.15) is 0 Å². The first-order valence-electron chi connectivity index (χ1n) is 9.41. The fourth-order valence-corrected chi connectivity index (χ4v) is 4.21. The van der Waals surface area contributed by atoms with Gasteiger partial charge in [-0.15, -0.1) is 0 Å². The zero-order valence-corrected chi connectivity index (χ0v) is 14.9. The molecule has 0 bridgehead atoms. The number of unbranched alkanes of at least 4 members (excludes halogenated alkanes) is 1. The minimum atomic E-state index is -0.192. The highest BCUT2D eigenvalue weighted by atomic mass is 16.2. The minimum absolute atomic E-state index is 0.192. The van der Waals surface area contributed by atoms with Gasteiger partial charge in [0.15, 0.2) is 0 Å². The van der Waals surface area contributed by atoms with Crippen LogP contribution in [0, 0.1) is 0 Å². The molecule has 4 aromatic rings. The summed E-state index contributed by atoms with van der Waals surface area (Å²) in [6.45, 7) is 0.499. The van der Waals surface area contributed by atoms with Crippen molar-refractivity contribution in [1.29, 1.82) is 0 Å². The average Bonchev–Trinajstić information content (AvgIpc) is 3.01. The van der Waals surface area contributed by atoms with E-state index in [-0.39, 0.29) is 11.8 Å². The van der Waals surface area contributed by atoms with Crippen molar-refractivity contribution < 1.29 is 9.59 Å². The summed E-state index contributed by atoms with van der Waals surface area (Å²) in [5.74, 6) is -0.383. The Morgan fingerprint density at radius 3 is 1.85 bits per heavy atom. The van der Waals surface area contributed by atoms with Crippen LogP contribution in [0.2, 0.25) is 0 Å². The molecule has 0 aromatic heterocycles. The summed E-state index contributed by atoms with van der Waals surface area (Å²) in [6.07, 6.45) is 5.41. The number of benzene rings is 4. The molecule has 0 N–H and O–H groups in total. The van der Waals surface area contributed by atoms with Crippen LogP contribution < -0.4 is 0 Å². The van der Waals surface area contributed by atoms with Crippen LogP contribution in [-0.2, 0) is 16.0 Å². The average molecular weight is 353 g/mol. The van der Waals surface area contributed by atoms with Crippen LogP contribution in [0.4, 0.5) is 0 Å². The van der Waals surface area contributed by atoms with Gasteiger partial charge >= 0.3 is 0 Å². The van der Waals surface area contributed by atoms with Crippen LogP contribution in [0.15, 0.2) is 66.7 Å². The van der Waals surface area contributed by atoms with Crippen molar-refractivity contribution in [3.8, 4) is 0 Å². The lowest BCUT2D eigenvalue weighted by Gasteiger charge is -2.14. The van der Waals surface area contributed by atoms with E-state index in [2.05, 4.69) is 54.6 Å². The van der Waals surface area contributed by atoms with E-state index >= 15 is 0 Å². The number of imide groups is 1. The van der Waals surface area contributed by atoms with Crippen molar-refractivity contribution in [2.75, 3.05) is 6.54 Å². The second kappa shape index (κ2) is 6.20. The molecule has 0 unspecified atom stereocenters. The SMILES string of the molecule is O=C1C=CC(=O)N1CCCCc1cc2ccc3cccc4ccc(c1)c2c34. The maximum Gasteiger partial charge on any atom is 0.253 e. The molecule has 0 radical (unpaired) electrons. The molecule has 5 rings (SSSR count). The first-order chi connectivity index (χ1) is 13.2. The number of nitrogens with zero attached hydrogens (tertiary/aromatic N) is 1. The van der Waals surface area contributed by atoms with E-state index in [1.54, 1.807) is 0 Å². The number of carbonyl (C=O) groups excluding carboxylic acids is 2. The molecule has 0 spiro atoms. The van der Waals surface area contributed by atoms with Gasteiger partial charge in [0.25, 0.3) is 11.8 Å². The Balaban J connectivity index is 1.38. The Labute approximate surface area is 157 Å². The number of hydrogen-bond acceptors (Lipinski definition) is 2. The first-order valence-corrected chi connectivity index (χ1v) is 9.41. The summed E-state index contributed by atoms with van der Waals surface area (Å²) in [5.41, 5.74) is 1.30. The van der Waals surface area contributed by atoms with Crippen molar-refractivity contribution >= 4 is 44.1 Å². The van der Waals surface area contributed by atoms with Crippen molar-refractivity contribution in [2.24, 2.45) is 0 Å². The van der Waals surface area contributed by atoms with Gasteiger partial charge in [-0.1, -0.05) is 54.6 Å². The Morgan fingerprint density at radius 1 is 0.667 bits per heavy atom. The number of carbonyl (C=O) groups is 2. The third-order valence-corrected chi connectivity index (χ3v) is 5.52. The van der Waals surface area contributed by atoms with Crippen LogP contribution in [-0.4, -0.2) is 23.3 Å². The van der Waals surface area contributed by atoms with Crippen LogP contribution in [0.5, 0.6) is 0 Å². The maximum absolute atomic E-state index is 11.6.